The molecule has 0 aliphatic carbocycles. The Labute approximate surface area is 170 Å². The fourth-order valence-corrected chi connectivity index (χ4v) is 4.95. The SMILES string of the molecule is CCNC(=NCC1(C)COC1)N1CCC2C(CCCN2Cc2ccccc2)C1. The van der Waals surface area contributed by atoms with Crippen LogP contribution in [0.4, 0.5) is 0 Å². The third kappa shape index (κ3) is 4.52. The van der Waals surface area contributed by atoms with Gasteiger partial charge in [-0.05, 0) is 44.2 Å². The number of nitrogens with zero attached hydrogens (tertiary/aromatic N) is 3. The summed E-state index contributed by atoms with van der Waals surface area (Å²) >= 11 is 0. The lowest BCUT2D eigenvalue weighted by molar-refractivity contribution is -0.0946. The number of fused-ring (bicyclic) bond motifs is 1. The molecule has 4 rings (SSSR count). The highest BCUT2D eigenvalue weighted by Gasteiger charge is 2.37. The van der Waals surface area contributed by atoms with Gasteiger partial charge in [0.15, 0.2) is 5.96 Å². The van der Waals surface area contributed by atoms with Crippen LogP contribution in [-0.4, -0.2) is 67.7 Å². The van der Waals surface area contributed by atoms with Gasteiger partial charge in [0.1, 0.15) is 0 Å². The first-order valence-corrected chi connectivity index (χ1v) is 11.1. The first kappa shape index (κ1) is 19.7. The van der Waals surface area contributed by atoms with Crippen molar-refractivity contribution in [2.45, 2.75) is 45.7 Å². The Morgan fingerprint density at radius 1 is 1.21 bits per heavy atom. The summed E-state index contributed by atoms with van der Waals surface area (Å²) < 4.78 is 5.40. The average Bonchev–Trinajstić information content (AvgIpc) is 2.70. The monoisotopic (exact) mass is 384 g/mol. The molecule has 5 heteroatoms. The molecular weight excluding hydrogens is 348 g/mol. The van der Waals surface area contributed by atoms with Crippen LogP contribution >= 0.6 is 0 Å². The van der Waals surface area contributed by atoms with Gasteiger partial charge in [-0.2, -0.15) is 0 Å². The van der Waals surface area contributed by atoms with Crippen molar-refractivity contribution in [2.75, 3.05) is 45.9 Å². The van der Waals surface area contributed by atoms with Crippen molar-refractivity contribution < 1.29 is 4.74 Å². The fraction of sp³-hybridized carbons (Fsp3) is 0.696. The fourth-order valence-electron chi connectivity index (χ4n) is 4.95. The van der Waals surface area contributed by atoms with Gasteiger partial charge >= 0.3 is 0 Å². The lowest BCUT2D eigenvalue weighted by Crippen LogP contribution is -2.57. The minimum atomic E-state index is 0.232. The van der Waals surface area contributed by atoms with Crippen molar-refractivity contribution in [1.82, 2.24) is 15.1 Å². The van der Waals surface area contributed by atoms with Crippen molar-refractivity contribution in [2.24, 2.45) is 16.3 Å². The van der Waals surface area contributed by atoms with Gasteiger partial charge in [0.05, 0.1) is 19.8 Å². The van der Waals surface area contributed by atoms with E-state index in [1.165, 1.54) is 31.4 Å². The molecule has 3 fully saturated rings. The zero-order chi connectivity index (χ0) is 19.4. The second-order valence-corrected chi connectivity index (χ2v) is 9.13. The Morgan fingerprint density at radius 2 is 2.04 bits per heavy atom. The van der Waals surface area contributed by atoms with Gasteiger partial charge in [-0.3, -0.25) is 9.89 Å². The van der Waals surface area contributed by atoms with Gasteiger partial charge in [-0.25, -0.2) is 0 Å². The largest absolute Gasteiger partial charge is 0.380 e. The smallest absolute Gasteiger partial charge is 0.193 e. The van der Waals surface area contributed by atoms with Crippen molar-refractivity contribution in [3.63, 3.8) is 0 Å². The zero-order valence-corrected chi connectivity index (χ0v) is 17.6. The Bertz CT molecular complexity index is 658. The number of nitrogens with one attached hydrogen (secondary N) is 1. The van der Waals surface area contributed by atoms with E-state index in [0.717, 1.165) is 57.8 Å². The molecule has 3 saturated heterocycles. The number of likely N-dealkylation sites (tertiary alicyclic amines) is 2. The molecule has 3 heterocycles. The Morgan fingerprint density at radius 3 is 2.75 bits per heavy atom. The maximum atomic E-state index is 5.40. The summed E-state index contributed by atoms with van der Waals surface area (Å²) in [4.78, 5) is 10.2. The third-order valence-electron chi connectivity index (χ3n) is 6.56. The topological polar surface area (TPSA) is 40.1 Å². The standard InChI is InChI=1S/C23H36N4O/c1-3-24-22(25-16-23(2)17-28-18-23)27-13-11-21-20(15-27)10-7-12-26(21)14-19-8-5-4-6-9-19/h4-6,8-9,20-21H,3,7,10-18H2,1-2H3,(H,24,25). The molecule has 3 aliphatic rings. The highest BCUT2D eigenvalue weighted by Crippen LogP contribution is 2.32. The first-order valence-electron chi connectivity index (χ1n) is 11.1. The van der Waals surface area contributed by atoms with Crippen LogP contribution in [0.5, 0.6) is 0 Å². The number of piperidine rings is 2. The second-order valence-electron chi connectivity index (χ2n) is 9.13. The van der Waals surface area contributed by atoms with Crippen LogP contribution in [0.15, 0.2) is 35.3 Å². The predicted molar refractivity (Wildman–Crippen MR) is 114 cm³/mol. The van der Waals surface area contributed by atoms with Crippen molar-refractivity contribution in [1.29, 1.82) is 0 Å². The minimum Gasteiger partial charge on any atom is -0.380 e. The summed E-state index contributed by atoms with van der Waals surface area (Å²) in [6.07, 6.45) is 3.89. The molecule has 28 heavy (non-hydrogen) atoms. The molecule has 0 saturated carbocycles. The number of ether oxygens (including phenoxy) is 1. The predicted octanol–water partition coefficient (Wildman–Crippen LogP) is 2.97. The normalized spacial score (nSPS) is 27.8. The molecule has 5 nitrogen and oxygen atoms in total. The summed E-state index contributed by atoms with van der Waals surface area (Å²) in [6, 6.07) is 11.7. The molecule has 0 radical (unpaired) electrons. The molecule has 2 atom stereocenters. The highest BCUT2D eigenvalue weighted by atomic mass is 16.5. The average molecular weight is 385 g/mol. The van der Waals surface area contributed by atoms with Crippen LogP contribution in [-0.2, 0) is 11.3 Å². The summed E-state index contributed by atoms with van der Waals surface area (Å²) in [5, 5.41) is 3.54. The van der Waals surface area contributed by atoms with E-state index in [9.17, 15) is 0 Å². The molecule has 3 aliphatic heterocycles. The van der Waals surface area contributed by atoms with E-state index in [2.05, 4.69) is 59.3 Å². The summed E-state index contributed by atoms with van der Waals surface area (Å²) in [5.41, 5.74) is 1.67. The number of guanidine groups is 1. The number of hydrogen-bond donors (Lipinski definition) is 1. The van der Waals surface area contributed by atoms with Crippen LogP contribution in [0.3, 0.4) is 0 Å². The second kappa shape index (κ2) is 8.83. The Kier molecular flexibility index (Phi) is 6.22. The van der Waals surface area contributed by atoms with E-state index in [-0.39, 0.29) is 5.41 Å². The zero-order valence-electron chi connectivity index (χ0n) is 17.6. The Hall–Kier alpha value is -1.59. The number of hydrogen-bond acceptors (Lipinski definition) is 3. The molecule has 0 bridgehead atoms. The van der Waals surface area contributed by atoms with Gasteiger partial charge in [0.25, 0.3) is 0 Å². The molecule has 0 amide bonds. The summed E-state index contributed by atoms with van der Waals surface area (Å²) in [5.74, 6) is 1.85. The highest BCUT2D eigenvalue weighted by molar-refractivity contribution is 5.80. The molecule has 2 unspecified atom stereocenters. The molecule has 0 spiro atoms. The molecule has 1 aromatic carbocycles. The van der Waals surface area contributed by atoms with E-state index < -0.39 is 0 Å². The molecular formula is C23H36N4O. The first-order chi connectivity index (χ1) is 13.7. The van der Waals surface area contributed by atoms with Crippen LogP contribution in [0.25, 0.3) is 0 Å². The maximum Gasteiger partial charge on any atom is 0.193 e. The van der Waals surface area contributed by atoms with E-state index in [1.807, 2.05) is 0 Å². The van der Waals surface area contributed by atoms with Gasteiger partial charge < -0.3 is 15.0 Å². The van der Waals surface area contributed by atoms with Crippen molar-refractivity contribution in [3.05, 3.63) is 35.9 Å². The van der Waals surface area contributed by atoms with Crippen LogP contribution in [0.2, 0.25) is 0 Å². The van der Waals surface area contributed by atoms with Crippen molar-refractivity contribution >= 4 is 5.96 Å². The maximum absolute atomic E-state index is 5.40. The molecule has 0 aromatic heterocycles. The van der Waals surface area contributed by atoms with Crippen LogP contribution < -0.4 is 5.32 Å². The quantitative estimate of drug-likeness (QED) is 0.626. The number of aliphatic imine (C=N–C) groups is 1. The van der Waals surface area contributed by atoms with Gasteiger partial charge in [-0.15, -0.1) is 0 Å². The van der Waals surface area contributed by atoms with Crippen LogP contribution in [0, 0.1) is 11.3 Å². The minimum absolute atomic E-state index is 0.232. The van der Waals surface area contributed by atoms with E-state index in [0.29, 0.717) is 6.04 Å². The lowest BCUT2D eigenvalue weighted by Gasteiger charge is -2.48. The van der Waals surface area contributed by atoms with Crippen LogP contribution in [0.1, 0.15) is 38.7 Å². The van der Waals surface area contributed by atoms with Gasteiger partial charge in [0, 0.05) is 37.6 Å². The summed E-state index contributed by atoms with van der Waals surface area (Å²) in [6.45, 7) is 12.5. The summed E-state index contributed by atoms with van der Waals surface area (Å²) in [7, 11) is 0. The number of rotatable bonds is 5. The molecule has 1 aromatic rings. The van der Waals surface area contributed by atoms with Gasteiger partial charge in [-0.1, -0.05) is 37.3 Å². The Balaban J connectivity index is 1.39. The molecule has 154 valence electrons. The van der Waals surface area contributed by atoms with E-state index >= 15 is 0 Å². The van der Waals surface area contributed by atoms with Crippen molar-refractivity contribution in [3.8, 4) is 0 Å². The van der Waals surface area contributed by atoms with Gasteiger partial charge in [0.2, 0.25) is 0 Å². The third-order valence-corrected chi connectivity index (χ3v) is 6.56. The van der Waals surface area contributed by atoms with E-state index in [4.69, 9.17) is 9.73 Å². The molecule has 1 N–H and O–H groups in total. The van der Waals surface area contributed by atoms with E-state index in [1.54, 1.807) is 0 Å². The lowest BCUT2D eigenvalue weighted by atomic mass is 9.83. The number of benzene rings is 1.